The van der Waals surface area contributed by atoms with Crippen molar-refractivity contribution in [3.05, 3.63) is 65.4 Å². The van der Waals surface area contributed by atoms with Gasteiger partial charge in [0.15, 0.2) is 17.5 Å². The van der Waals surface area contributed by atoms with Crippen molar-refractivity contribution < 1.29 is 13.9 Å². The maximum atomic E-state index is 13.4. The molecule has 1 heterocycles. The second-order valence-corrected chi connectivity index (χ2v) is 4.29. The zero-order valence-electron chi connectivity index (χ0n) is 10.2. The van der Waals surface area contributed by atoms with E-state index in [4.69, 9.17) is 0 Å². The number of hydrogen-bond donors (Lipinski definition) is 2. The number of aromatic hydroxyl groups is 1. The van der Waals surface area contributed by atoms with Gasteiger partial charge in [0.1, 0.15) is 0 Å². The highest BCUT2D eigenvalue weighted by molar-refractivity contribution is 5.88. The van der Waals surface area contributed by atoms with Crippen molar-refractivity contribution in [1.29, 1.82) is 0 Å². The van der Waals surface area contributed by atoms with Crippen LogP contribution in [0.2, 0.25) is 0 Å². The minimum Gasteiger partial charge on any atom is -0.494 e. The lowest BCUT2D eigenvalue weighted by molar-refractivity contribution is 0.462. The van der Waals surface area contributed by atoms with Crippen molar-refractivity contribution in [1.82, 2.24) is 4.98 Å². The summed E-state index contributed by atoms with van der Waals surface area (Å²) in [5.41, 5.74) is 0.669. The summed E-state index contributed by atoms with van der Waals surface area (Å²) in [4.78, 5) is 2.69. The third-order valence-electron chi connectivity index (χ3n) is 2.96. The fraction of sp³-hybridized carbons (Fsp3) is 0. The summed E-state index contributed by atoms with van der Waals surface area (Å²) >= 11 is 0. The van der Waals surface area contributed by atoms with Gasteiger partial charge in [-0.15, -0.1) is 0 Å². The van der Waals surface area contributed by atoms with Crippen LogP contribution in [0.5, 0.6) is 5.88 Å². The SMILES string of the molecule is Oc1[nH]cc2cc(C#Cc3cccc(F)c3F)ccc12. The van der Waals surface area contributed by atoms with Crippen molar-refractivity contribution in [2.45, 2.75) is 0 Å². The number of H-pyrrole nitrogens is 1. The molecule has 0 atom stereocenters. The third kappa shape index (κ3) is 2.10. The molecular weight excluding hydrogens is 260 g/mol. The Balaban J connectivity index is 2.01. The molecule has 0 saturated carbocycles. The number of fused-ring (bicyclic) bond motifs is 1. The molecule has 0 spiro atoms. The highest BCUT2D eigenvalue weighted by Gasteiger charge is 2.05. The van der Waals surface area contributed by atoms with E-state index in [1.807, 2.05) is 0 Å². The van der Waals surface area contributed by atoms with E-state index in [2.05, 4.69) is 16.8 Å². The molecule has 3 aromatic rings. The van der Waals surface area contributed by atoms with Crippen LogP contribution in [0, 0.1) is 23.5 Å². The van der Waals surface area contributed by atoms with Crippen LogP contribution in [0.1, 0.15) is 11.1 Å². The molecule has 3 rings (SSSR count). The first kappa shape index (κ1) is 12.2. The Bertz CT molecular complexity index is 856. The molecule has 0 radical (unpaired) electrons. The van der Waals surface area contributed by atoms with Gasteiger partial charge in [-0.2, -0.15) is 0 Å². The second kappa shape index (κ2) is 4.71. The van der Waals surface area contributed by atoms with Gasteiger partial charge in [-0.3, -0.25) is 0 Å². The van der Waals surface area contributed by atoms with Crippen LogP contribution in [0.3, 0.4) is 0 Å². The van der Waals surface area contributed by atoms with Crippen molar-refractivity contribution in [3.8, 4) is 17.7 Å². The number of rotatable bonds is 0. The van der Waals surface area contributed by atoms with E-state index in [0.717, 1.165) is 11.5 Å². The molecule has 2 aromatic carbocycles. The van der Waals surface area contributed by atoms with Gasteiger partial charge in [-0.25, -0.2) is 8.78 Å². The number of nitrogens with one attached hydrogen (secondary N) is 1. The molecule has 2 N–H and O–H groups in total. The highest BCUT2D eigenvalue weighted by atomic mass is 19.2. The highest BCUT2D eigenvalue weighted by Crippen LogP contribution is 2.24. The Morgan fingerprint density at radius 2 is 1.90 bits per heavy atom. The summed E-state index contributed by atoms with van der Waals surface area (Å²) in [6.07, 6.45) is 1.65. The lowest BCUT2D eigenvalue weighted by atomic mass is 10.1. The van der Waals surface area contributed by atoms with E-state index < -0.39 is 11.6 Å². The largest absolute Gasteiger partial charge is 0.494 e. The van der Waals surface area contributed by atoms with Crippen molar-refractivity contribution >= 4 is 10.8 Å². The molecule has 0 unspecified atom stereocenters. The summed E-state index contributed by atoms with van der Waals surface area (Å²) in [5, 5.41) is 11.0. The maximum absolute atomic E-state index is 13.4. The van der Waals surface area contributed by atoms with Gasteiger partial charge in [0.05, 0.1) is 5.56 Å². The molecule has 0 aliphatic carbocycles. The molecule has 1 aromatic heterocycles. The minimum atomic E-state index is -0.944. The van der Waals surface area contributed by atoms with Gasteiger partial charge in [0, 0.05) is 22.5 Å². The Labute approximate surface area is 113 Å². The molecule has 0 fully saturated rings. The molecule has 0 amide bonds. The van der Waals surface area contributed by atoms with E-state index in [1.165, 1.54) is 12.1 Å². The minimum absolute atomic E-state index is 0.0158. The molecule has 0 bridgehead atoms. The summed E-state index contributed by atoms with van der Waals surface area (Å²) in [6, 6.07) is 9.07. The maximum Gasteiger partial charge on any atom is 0.196 e. The quantitative estimate of drug-likeness (QED) is 0.601. The zero-order chi connectivity index (χ0) is 14.1. The van der Waals surface area contributed by atoms with Crippen LogP contribution >= 0.6 is 0 Å². The predicted molar refractivity (Wildman–Crippen MR) is 72.3 cm³/mol. The van der Waals surface area contributed by atoms with E-state index in [0.29, 0.717) is 10.9 Å². The van der Waals surface area contributed by atoms with Crippen LogP contribution in [0.4, 0.5) is 8.78 Å². The number of aromatic amines is 1. The van der Waals surface area contributed by atoms with Gasteiger partial charge in [-0.1, -0.05) is 17.9 Å². The number of halogens is 2. The second-order valence-electron chi connectivity index (χ2n) is 4.29. The fourth-order valence-electron chi connectivity index (χ4n) is 1.94. The van der Waals surface area contributed by atoms with Crippen molar-refractivity contribution in [2.24, 2.45) is 0 Å². The average molecular weight is 269 g/mol. The van der Waals surface area contributed by atoms with Crippen LogP contribution < -0.4 is 0 Å². The van der Waals surface area contributed by atoms with Gasteiger partial charge in [0.25, 0.3) is 0 Å². The molecule has 98 valence electrons. The van der Waals surface area contributed by atoms with E-state index in [1.54, 1.807) is 24.4 Å². The van der Waals surface area contributed by atoms with Gasteiger partial charge in [0.2, 0.25) is 0 Å². The molecule has 20 heavy (non-hydrogen) atoms. The first-order valence-corrected chi connectivity index (χ1v) is 5.91. The first-order valence-electron chi connectivity index (χ1n) is 5.91. The molecule has 0 saturated heterocycles. The van der Waals surface area contributed by atoms with Crippen LogP contribution in [0.25, 0.3) is 10.8 Å². The summed E-state index contributed by atoms with van der Waals surface area (Å²) in [7, 11) is 0. The Kier molecular flexibility index (Phi) is 2.88. The normalized spacial score (nSPS) is 10.3. The van der Waals surface area contributed by atoms with E-state index in [9.17, 15) is 13.9 Å². The molecule has 2 nitrogen and oxygen atoms in total. The lowest BCUT2D eigenvalue weighted by Gasteiger charge is -1.95. The monoisotopic (exact) mass is 269 g/mol. The standard InChI is InChI=1S/C16H9F2NO/c17-14-3-1-2-11(15(14)18)6-4-10-5-7-13-12(8-10)9-19-16(13)20/h1-3,5,7-9,19-20H. The fourth-order valence-corrected chi connectivity index (χ4v) is 1.94. The molecular formula is C16H9F2NO. The lowest BCUT2D eigenvalue weighted by Crippen LogP contribution is -1.88. The number of aromatic nitrogens is 1. The van der Waals surface area contributed by atoms with Crippen molar-refractivity contribution in [3.63, 3.8) is 0 Å². The van der Waals surface area contributed by atoms with Crippen LogP contribution in [-0.4, -0.2) is 10.1 Å². The third-order valence-corrected chi connectivity index (χ3v) is 2.96. The van der Waals surface area contributed by atoms with Crippen LogP contribution in [0.15, 0.2) is 42.6 Å². The van der Waals surface area contributed by atoms with E-state index >= 15 is 0 Å². The van der Waals surface area contributed by atoms with Gasteiger partial charge < -0.3 is 10.1 Å². The van der Waals surface area contributed by atoms with Crippen molar-refractivity contribution in [2.75, 3.05) is 0 Å². The topological polar surface area (TPSA) is 36.0 Å². The van der Waals surface area contributed by atoms with E-state index in [-0.39, 0.29) is 11.4 Å². The molecule has 0 aliphatic rings. The smallest absolute Gasteiger partial charge is 0.196 e. The molecule has 0 aliphatic heterocycles. The molecule has 4 heteroatoms. The summed E-state index contributed by atoms with van der Waals surface area (Å²) in [6.45, 7) is 0. The Morgan fingerprint density at radius 1 is 1.05 bits per heavy atom. The summed E-state index contributed by atoms with van der Waals surface area (Å²) in [5.74, 6) is 3.62. The first-order chi connectivity index (χ1) is 9.65. The predicted octanol–water partition coefficient (Wildman–Crippen LogP) is 3.55. The average Bonchev–Trinajstić information content (AvgIpc) is 2.82. The zero-order valence-corrected chi connectivity index (χ0v) is 10.2. The Morgan fingerprint density at radius 3 is 2.75 bits per heavy atom. The summed E-state index contributed by atoms with van der Waals surface area (Å²) < 4.78 is 26.5. The van der Waals surface area contributed by atoms with Gasteiger partial charge >= 0.3 is 0 Å². The number of benzene rings is 2. The van der Waals surface area contributed by atoms with Gasteiger partial charge in [-0.05, 0) is 30.3 Å². The Hall–Kier alpha value is -2.80. The van der Waals surface area contributed by atoms with Crippen LogP contribution in [-0.2, 0) is 0 Å². The number of hydrogen-bond acceptors (Lipinski definition) is 1.